The number of halogens is 1. The van der Waals surface area contributed by atoms with Crippen molar-refractivity contribution in [1.82, 2.24) is 4.90 Å². The molecular formula is C8H14FNO. The van der Waals surface area contributed by atoms with E-state index < -0.39 is 6.17 Å². The Morgan fingerprint density at radius 1 is 1.64 bits per heavy atom. The van der Waals surface area contributed by atoms with E-state index >= 15 is 0 Å². The molecule has 0 N–H and O–H groups in total. The van der Waals surface area contributed by atoms with Crippen LogP contribution in [0.2, 0.25) is 0 Å². The minimum absolute atomic E-state index is 0.0428. The molecule has 11 heavy (non-hydrogen) atoms. The van der Waals surface area contributed by atoms with Crippen molar-refractivity contribution in [2.75, 3.05) is 6.54 Å². The Balaban J connectivity index is 2.51. The van der Waals surface area contributed by atoms with Crippen molar-refractivity contribution in [1.29, 1.82) is 0 Å². The lowest BCUT2D eigenvalue weighted by atomic mass is 10.1. The number of likely N-dealkylation sites (tertiary alicyclic amines) is 1. The fourth-order valence-corrected chi connectivity index (χ4v) is 1.36. The number of hydrogen-bond donors (Lipinski definition) is 0. The monoisotopic (exact) mass is 159 g/mol. The Kier molecular flexibility index (Phi) is 2.47. The lowest BCUT2D eigenvalue weighted by molar-refractivity contribution is -0.137. The molecule has 0 radical (unpaired) electrons. The molecule has 3 heteroatoms. The second kappa shape index (κ2) is 3.20. The number of piperidine rings is 1. The van der Waals surface area contributed by atoms with Crippen LogP contribution in [-0.2, 0) is 4.79 Å². The van der Waals surface area contributed by atoms with Gasteiger partial charge in [-0.25, -0.2) is 4.39 Å². The second-order valence-electron chi connectivity index (χ2n) is 3.27. The van der Waals surface area contributed by atoms with Gasteiger partial charge in [0, 0.05) is 12.6 Å². The maximum absolute atomic E-state index is 12.6. The molecule has 1 saturated heterocycles. The van der Waals surface area contributed by atoms with Gasteiger partial charge in [0.1, 0.15) is 6.17 Å². The summed E-state index contributed by atoms with van der Waals surface area (Å²) >= 11 is 0. The highest BCUT2D eigenvalue weighted by Crippen LogP contribution is 2.16. The molecule has 0 aromatic rings. The number of carbonyl (C=O) groups is 1. The van der Waals surface area contributed by atoms with Gasteiger partial charge in [0.25, 0.3) is 0 Å². The van der Waals surface area contributed by atoms with Crippen LogP contribution in [0.25, 0.3) is 0 Å². The van der Waals surface area contributed by atoms with Gasteiger partial charge in [-0.2, -0.15) is 0 Å². The Morgan fingerprint density at radius 3 is 2.73 bits per heavy atom. The van der Waals surface area contributed by atoms with E-state index in [2.05, 4.69) is 0 Å². The Labute approximate surface area is 66.4 Å². The highest BCUT2D eigenvalue weighted by atomic mass is 19.1. The molecule has 1 heterocycles. The zero-order valence-corrected chi connectivity index (χ0v) is 7.01. The quantitative estimate of drug-likeness (QED) is 0.565. The molecule has 64 valence electrons. The average Bonchev–Trinajstić information content (AvgIpc) is 1.85. The zero-order valence-electron chi connectivity index (χ0n) is 7.01. The standard InChI is InChI=1S/C8H14FNO/c1-6(2)10-4-3-7(9)5-8(10)11/h6-7H,3-5H2,1-2H3. The van der Waals surface area contributed by atoms with Gasteiger partial charge < -0.3 is 4.90 Å². The van der Waals surface area contributed by atoms with Crippen LogP contribution in [0.3, 0.4) is 0 Å². The van der Waals surface area contributed by atoms with Crippen LogP contribution >= 0.6 is 0 Å². The predicted molar refractivity (Wildman–Crippen MR) is 41.0 cm³/mol. The van der Waals surface area contributed by atoms with Gasteiger partial charge in [0.05, 0.1) is 6.42 Å². The molecule has 1 atom stereocenters. The van der Waals surface area contributed by atoms with Crippen molar-refractivity contribution in [2.24, 2.45) is 0 Å². The van der Waals surface area contributed by atoms with E-state index in [9.17, 15) is 9.18 Å². The molecule has 0 bridgehead atoms. The zero-order chi connectivity index (χ0) is 8.43. The van der Waals surface area contributed by atoms with Crippen LogP contribution in [0, 0.1) is 0 Å². The molecule has 0 spiro atoms. The maximum Gasteiger partial charge on any atom is 0.225 e. The average molecular weight is 159 g/mol. The molecule has 0 aromatic carbocycles. The molecule has 1 aliphatic rings. The minimum Gasteiger partial charge on any atom is -0.340 e. The lowest BCUT2D eigenvalue weighted by Crippen LogP contribution is -2.43. The van der Waals surface area contributed by atoms with Crippen molar-refractivity contribution in [3.05, 3.63) is 0 Å². The van der Waals surface area contributed by atoms with Gasteiger partial charge >= 0.3 is 0 Å². The third kappa shape index (κ3) is 1.91. The third-order valence-corrected chi connectivity index (χ3v) is 2.02. The molecule has 1 amide bonds. The van der Waals surface area contributed by atoms with E-state index in [0.717, 1.165) is 0 Å². The molecular weight excluding hydrogens is 145 g/mol. The van der Waals surface area contributed by atoms with Crippen molar-refractivity contribution in [3.63, 3.8) is 0 Å². The summed E-state index contributed by atoms with van der Waals surface area (Å²) in [6.07, 6.45) is -0.320. The van der Waals surface area contributed by atoms with Crippen LogP contribution in [0.5, 0.6) is 0 Å². The summed E-state index contributed by atoms with van der Waals surface area (Å²) in [5, 5.41) is 0. The molecule has 0 aliphatic carbocycles. The summed E-state index contributed by atoms with van der Waals surface area (Å²) in [7, 11) is 0. The molecule has 2 nitrogen and oxygen atoms in total. The third-order valence-electron chi connectivity index (χ3n) is 2.02. The first kappa shape index (κ1) is 8.50. The van der Waals surface area contributed by atoms with Crippen LogP contribution in [0.15, 0.2) is 0 Å². The maximum atomic E-state index is 12.6. The Morgan fingerprint density at radius 2 is 2.27 bits per heavy atom. The van der Waals surface area contributed by atoms with E-state index in [4.69, 9.17) is 0 Å². The summed E-state index contributed by atoms with van der Waals surface area (Å²) in [5.41, 5.74) is 0. The first-order valence-corrected chi connectivity index (χ1v) is 4.05. The number of rotatable bonds is 1. The fourth-order valence-electron chi connectivity index (χ4n) is 1.36. The second-order valence-corrected chi connectivity index (χ2v) is 3.27. The van der Waals surface area contributed by atoms with Crippen molar-refractivity contribution in [3.8, 4) is 0 Å². The first-order valence-electron chi connectivity index (χ1n) is 4.05. The van der Waals surface area contributed by atoms with Gasteiger partial charge in [-0.15, -0.1) is 0 Å². The lowest BCUT2D eigenvalue weighted by Gasteiger charge is -2.31. The van der Waals surface area contributed by atoms with E-state index in [1.165, 1.54) is 0 Å². The number of nitrogens with zero attached hydrogens (tertiary/aromatic N) is 1. The Bertz CT molecular complexity index is 158. The van der Waals surface area contributed by atoms with Gasteiger partial charge in [-0.3, -0.25) is 4.79 Å². The number of carbonyl (C=O) groups excluding carboxylic acids is 1. The molecule has 1 fully saturated rings. The van der Waals surface area contributed by atoms with Gasteiger partial charge in [-0.1, -0.05) is 0 Å². The number of alkyl halides is 1. The summed E-state index contributed by atoms with van der Waals surface area (Å²) in [5.74, 6) is -0.0428. The molecule has 1 rings (SSSR count). The van der Waals surface area contributed by atoms with Crippen molar-refractivity contribution in [2.45, 2.75) is 38.9 Å². The fraction of sp³-hybridized carbons (Fsp3) is 0.875. The molecule has 0 aromatic heterocycles. The summed E-state index contributed by atoms with van der Waals surface area (Å²) < 4.78 is 12.6. The van der Waals surface area contributed by atoms with Gasteiger partial charge in [-0.05, 0) is 20.3 Å². The summed E-state index contributed by atoms with van der Waals surface area (Å²) in [6.45, 7) is 4.49. The predicted octanol–water partition coefficient (Wildman–Crippen LogP) is 1.36. The summed E-state index contributed by atoms with van der Waals surface area (Å²) in [6, 6.07) is 0.218. The number of hydrogen-bond acceptors (Lipinski definition) is 1. The van der Waals surface area contributed by atoms with Gasteiger partial charge in [0.2, 0.25) is 5.91 Å². The molecule has 1 unspecified atom stereocenters. The molecule has 1 aliphatic heterocycles. The van der Waals surface area contributed by atoms with Crippen LogP contribution < -0.4 is 0 Å². The molecule has 0 saturated carbocycles. The van der Waals surface area contributed by atoms with Crippen LogP contribution in [-0.4, -0.2) is 29.6 Å². The smallest absolute Gasteiger partial charge is 0.225 e. The van der Waals surface area contributed by atoms with E-state index in [-0.39, 0.29) is 18.4 Å². The van der Waals surface area contributed by atoms with Crippen LogP contribution in [0.1, 0.15) is 26.7 Å². The van der Waals surface area contributed by atoms with Crippen LogP contribution in [0.4, 0.5) is 4.39 Å². The van der Waals surface area contributed by atoms with E-state index in [1.807, 2.05) is 13.8 Å². The SMILES string of the molecule is CC(C)N1CCC(F)CC1=O. The van der Waals surface area contributed by atoms with Crippen molar-refractivity contribution < 1.29 is 9.18 Å². The highest BCUT2D eigenvalue weighted by Gasteiger charge is 2.26. The van der Waals surface area contributed by atoms with Gasteiger partial charge in [0.15, 0.2) is 0 Å². The van der Waals surface area contributed by atoms with E-state index in [1.54, 1.807) is 4.90 Å². The summed E-state index contributed by atoms with van der Waals surface area (Å²) in [4.78, 5) is 12.9. The highest BCUT2D eigenvalue weighted by molar-refractivity contribution is 5.77. The largest absolute Gasteiger partial charge is 0.340 e. The van der Waals surface area contributed by atoms with Crippen molar-refractivity contribution >= 4 is 5.91 Å². The minimum atomic E-state index is -0.905. The topological polar surface area (TPSA) is 20.3 Å². The normalized spacial score (nSPS) is 26.4. The number of amides is 1. The first-order chi connectivity index (χ1) is 5.11. The van der Waals surface area contributed by atoms with E-state index in [0.29, 0.717) is 13.0 Å². The Hall–Kier alpha value is -0.600.